The van der Waals surface area contributed by atoms with E-state index in [4.69, 9.17) is 4.74 Å². The summed E-state index contributed by atoms with van der Waals surface area (Å²) in [6, 6.07) is 5.82. The highest BCUT2D eigenvalue weighted by molar-refractivity contribution is 5.77. The van der Waals surface area contributed by atoms with Gasteiger partial charge in [0, 0.05) is 50.2 Å². The molecule has 2 N–H and O–H groups in total. The Morgan fingerprint density at radius 1 is 1.27 bits per heavy atom. The lowest BCUT2D eigenvalue weighted by Crippen LogP contribution is -2.42. The lowest BCUT2D eigenvalue weighted by molar-refractivity contribution is -0.149. The quantitative estimate of drug-likeness (QED) is 0.838. The van der Waals surface area contributed by atoms with Crippen LogP contribution in [0.4, 0.5) is 0 Å². The Labute approximate surface area is 154 Å². The Balaban J connectivity index is 1.51. The Morgan fingerprint density at radius 3 is 2.69 bits per heavy atom. The van der Waals surface area contributed by atoms with E-state index in [9.17, 15) is 15.0 Å². The van der Waals surface area contributed by atoms with Gasteiger partial charge in [0.1, 0.15) is 11.5 Å². The zero-order valence-electron chi connectivity index (χ0n) is 15.4. The molecule has 2 saturated heterocycles. The van der Waals surface area contributed by atoms with Crippen molar-refractivity contribution in [2.24, 2.45) is 11.3 Å². The molecule has 1 saturated carbocycles. The highest BCUT2D eigenvalue weighted by Crippen LogP contribution is 2.46. The monoisotopic (exact) mass is 360 g/mol. The fourth-order valence-electron chi connectivity index (χ4n) is 5.31. The average Bonchev–Trinajstić information content (AvgIpc) is 3.30. The second kappa shape index (κ2) is 6.74. The maximum Gasteiger partial charge on any atom is 0.312 e. The number of benzene rings is 1. The number of fused-ring (bicyclic) bond motifs is 1. The first-order valence-corrected chi connectivity index (χ1v) is 9.58. The molecule has 0 amide bonds. The number of rotatable bonds is 5. The minimum atomic E-state index is -0.680. The van der Waals surface area contributed by atoms with E-state index in [1.807, 2.05) is 6.07 Å². The summed E-state index contributed by atoms with van der Waals surface area (Å²) in [4.78, 5) is 16.8. The maximum absolute atomic E-state index is 12.2. The van der Waals surface area contributed by atoms with Crippen LogP contribution in [0.3, 0.4) is 0 Å². The van der Waals surface area contributed by atoms with Crippen molar-refractivity contribution in [1.29, 1.82) is 0 Å². The molecule has 2 heterocycles. The molecule has 1 aromatic rings. The second-order valence-electron chi connectivity index (χ2n) is 8.15. The van der Waals surface area contributed by atoms with Crippen molar-refractivity contribution in [2.45, 2.75) is 38.3 Å². The number of methoxy groups -OCH3 is 1. The van der Waals surface area contributed by atoms with Gasteiger partial charge in [0.2, 0.25) is 0 Å². The van der Waals surface area contributed by atoms with Crippen LogP contribution in [0.1, 0.15) is 31.2 Å². The number of aliphatic carboxylic acids is 1. The van der Waals surface area contributed by atoms with Crippen molar-refractivity contribution >= 4 is 5.97 Å². The summed E-state index contributed by atoms with van der Waals surface area (Å²) >= 11 is 0. The minimum absolute atomic E-state index is 0.150. The van der Waals surface area contributed by atoms with Gasteiger partial charge < -0.3 is 14.9 Å². The first-order chi connectivity index (χ1) is 12.5. The van der Waals surface area contributed by atoms with Crippen LogP contribution in [0.2, 0.25) is 0 Å². The molecule has 6 nitrogen and oxygen atoms in total. The molecule has 1 aliphatic carbocycles. The van der Waals surface area contributed by atoms with Gasteiger partial charge in [0.25, 0.3) is 0 Å². The van der Waals surface area contributed by atoms with E-state index >= 15 is 0 Å². The van der Waals surface area contributed by atoms with Gasteiger partial charge in [-0.15, -0.1) is 0 Å². The predicted octanol–water partition coefficient (Wildman–Crippen LogP) is 2.16. The molecule has 0 unspecified atom stereocenters. The summed E-state index contributed by atoms with van der Waals surface area (Å²) in [6.45, 7) is 3.35. The molecule has 0 radical (unpaired) electrons. The Kier molecular flexibility index (Phi) is 4.57. The van der Waals surface area contributed by atoms with Gasteiger partial charge in [-0.2, -0.15) is 0 Å². The molecule has 6 heteroatoms. The van der Waals surface area contributed by atoms with Gasteiger partial charge >= 0.3 is 5.97 Å². The summed E-state index contributed by atoms with van der Waals surface area (Å²) in [5.74, 6) is 0.338. The third kappa shape index (κ3) is 2.85. The topological polar surface area (TPSA) is 73.2 Å². The largest absolute Gasteiger partial charge is 0.507 e. The lowest BCUT2D eigenvalue weighted by Gasteiger charge is -2.29. The normalized spacial score (nSPS) is 30.0. The number of aromatic hydroxyl groups is 1. The van der Waals surface area contributed by atoms with Crippen molar-refractivity contribution in [2.75, 3.05) is 33.3 Å². The Bertz CT molecular complexity index is 688. The molecule has 1 aromatic carbocycles. The van der Waals surface area contributed by atoms with Gasteiger partial charge in [0.05, 0.1) is 12.5 Å². The fraction of sp³-hybridized carbons (Fsp3) is 0.650. The molecule has 2 atom stereocenters. The zero-order valence-corrected chi connectivity index (χ0v) is 15.4. The molecule has 2 aliphatic heterocycles. The Hall–Kier alpha value is -1.79. The van der Waals surface area contributed by atoms with E-state index in [-0.39, 0.29) is 11.7 Å². The van der Waals surface area contributed by atoms with Crippen LogP contribution < -0.4 is 4.74 Å². The van der Waals surface area contributed by atoms with Crippen LogP contribution in [0, 0.1) is 11.3 Å². The van der Waals surface area contributed by atoms with Crippen molar-refractivity contribution in [1.82, 2.24) is 9.80 Å². The van der Waals surface area contributed by atoms with Crippen molar-refractivity contribution in [3.05, 3.63) is 23.8 Å². The third-order valence-corrected chi connectivity index (χ3v) is 6.68. The third-order valence-electron chi connectivity index (χ3n) is 6.68. The SMILES string of the molecule is COc1cccc(O)c1CN1C[C@H]2CN(C3CCCC3)C[C@@]2(C(=O)O)C1. The first-order valence-electron chi connectivity index (χ1n) is 9.58. The molecule has 0 aromatic heterocycles. The molecular formula is C20H28N2O4. The van der Waals surface area contributed by atoms with Gasteiger partial charge in [0.15, 0.2) is 0 Å². The van der Waals surface area contributed by atoms with Crippen molar-refractivity contribution < 1.29 is 19.7 Å². The van der Waals surface area contributed by atoms with E-state index in [2.05, 4.69) is 9.80 Å². The Morgan fingerprint density at radius 2 is 2.04 bits per heavy atom. The van der Waals surface area contributed by atoms with Crippen LogP contribution in [-0.4, -0.2) is 65.3 Å². The van der Waals surface area contributed by atoms with Crippen molar-refractivity contribution in [3.63, 3.8) is 0 Å². The predicted molar refractivity (Wildman–Crippen MR) is 97.3 cm³/mol. The summed E-state index contributed by atoms with van der Waals surface area (Å²) < 4.78 is 5.38. The lowest BCUT2D eigenvalue weighted by atomic mass is 9.81. The molecule has 26 heavy (non-hydrogen) atoms. The number of phenolic OH excluding ortho intramolecular Hbond substituents is 1. The number of ether oxygens (including phenoxy) is 1. The number of phenols is 1. The van der Waals surface area contributed by atoms with Crippen LogP contribution >= 0.6 is 0 Å². The summed E-state index contributed by atoms with van der Waals surface area (Å²) in [5, 5.41) is 20.3. The van der Waals surface area contributed by atoms with Crippen LogP contribution in [0.25, 0.3) is 0 Å². The number of carbonyl (C=O) groups is 1. The van der Waals surface area contributed by atoms with E-state index < -0.39 is 11.4 Å². The second-order valence-corrected chi connectivity index (χ2v) is 8.15. The molecular weight excluding hydrogens is 332 g/mol. The fourth-order valence-corrected chi connectivity index (χ4v) is 5.31. The standard InChI is InChI=1S/C20H28N2O4/c1-26-18-8-4-7-17(23)16(18)11-21-9-14-10-22(15-5-2-3-6-15)13-20(14,12-21)19(24)25/h4,7-8,14-15,23H,2-3,5-6,9-13H2,1H3,(H,24,25)/t14-,20-/m0/s1. The molecule has 0 spiro atoms. The van der Waals surface area contributed by atoms with E-state index in [0.717, 1.165) is 18.7 Å². The molecule has 4 rings (SSSR count). The zero-order chi connectivity index (χ0) is 18.3. The molecule has 3 fully saturated rings. The smallest absolute Gasteiger partial charge is 0.312 e. The average molecular weight is 360 g/mol. The van der Waals surface area contributed by atoms with Gasteiger partial charge in [-0.3, -0.25) is 14.6 Å². The molecule has 0 bridgehead atoms. The van der Waals surface area contributed by atoms with Crippen LogP contribution in [0.5, 0.6) is 11.5 Å². The number of nitrogens with zero attached hydrogens (tertiary/aromatic N) is 2. The molecule has 142 valence electrons. The maximum atomic E-state index is 12.2. The number of carboxylic acid groups (broad SMARTS) is 1. The van der Waals surface area contributed by atoms with Gasteiger partial charge in [-0.25, -0.2) is 0 Å². The minimum Gasteiger partial charge on any atom is -0.507 e. The van der Waals surface area contributed by atoms with E-state index in [0.29, 0.717) is 31.4 Å². The summed E-state index contributed by atoms with van der Waals surface area (Å²) in [6.07, 6.45) is 4.96. The number of likely N-dealkylation sites (tertiary alicyclic amines) is 2. The van der Waals surface area contributed by atoms with E-state index in [1.54, 1.807) is 19.2 Å². The number of carboxylic acids is 1. The molecule has 3 aliphatic rings. The summed E-state index contributed by atoms with van der Waals surface area (Å²) in [7, 11) is 1.59. The number of hydrogen-bond donors (Lipinski definition) is 2. The van der Waals surface area contributed by atoms with Gasteiger partial charge in [-0.05, 0) is 25.0 Å². The first kappa shape index (κ1) is 17.6. The highest BCUT2D eigenvalue weighted by Gasteiger charge is 2.58. The van der Waals surface area contributed by atoms with E-state index in [1.165, 1.54) is 25.7 Å². The van der Waals surface area contributed by atoms with Crippen molar-refractivity contribution in [3.8, 4) is 11.5 Å². The summed E-state index contributed by atoms with van der Waals surface area (Å²) in [5.41, 5.74) is 0.0587. The van der Waals surface area contributed by atoms with Crippen LogP contribution in [0.15, 0.2) is 18.2 Å². The van der Waals surface area contributed by atoms with Gasteiger partial charge in [-0.1, -0.05) is 18.9 Å². The highest BCUT2D eigenvalue weighted by atomic mass is 16.5. The number of hydrogen-bond acceptors (Lipinski definition) is 5. The van der Waals surface area contributed by atoms with Crippen LogP contribution in [-0.2, 0) is 11.3 Å².